The maximum atomic E-state index is 13.2. The second-order valence-electron chi connectivity index (χ2n) is 12.4. The summed E-state index contributed by atoms with van der Waals surface area (Å²) in [6, 6.07) is 9.91. The van der Waals surface area contributed by atoms with E-state index in [0.29, 0.717) is 30.3 Å². The molecule has 1 aromatic heterocycles. The quantitative estimate of drug-likeness (QED) is 0.292. The number of alkyl halides is 3. The zero-order valence-electron chi connectivity index (χ0n) is 23.2. The number of halogens is 3. The zero-order chi connectivity index (χ0) is 27.8. The minimum atomic E-state index is -4.44. The third-order valence-corrected chi connectivity index (χ3v) is 8.98. The van der Waals surface area contributed by atoms with Crippen molar-refractivity contribution in [1.29, 1.82) is 0 Å². The molecular formula is C28H40F3N3O2Si. The normalized spacial score (nSPS) is 14.4. The molecule has 0 aliphatic carbocycles. The Bertz CT molecular complexity index is 1230. The number of hydrogen-bond donors (Lipinski definition) is 1. The monoisotopic (exact) mass is 535 g/mol. The molecule has 0 fully saturated rings. The predicted octanol–water partition coefficient (Wildman–Crippen LogP) is 7.30. The summed E-state index contributed by atoms with van der Waals surface area (Å²) in [5, 5.41) is 19.8. The van der Waals surface area contributed by atoms with Crippen molar-refractivity contribution >= 4 is 19.4 Å². The Labute approximate surface area is 219 Å². The second kappa shape index (κ2) is 10.5. The number of aliphatic hydroxyl groups is 1. The molecule has 1 atom stereocenters. The standard InChI is InChI=1S/C28H40F3N3O2Si/c1-9-36-37(7,8)17-22(35)14-19-10-12-21(16-23(19)27(5,6)18-26(2,3)4)34-32-24-13-11-20(28(29,30)31)15-25(24)33-34/h10-13,15-16,22,35H,9,14,17-18H2,1-8H3. The van der Waals surface area contributed by atoms with Gasteiger partial charge in [0, 0.05) is 6.61 Å². The van der Waals surface area contributed by atoms with Gasteiger partial charge in [-0.1, -0.05) is 40.7 Å². The molecule has 0 aliphatic rings. The van der Waals surface area contributed by atoms with E-state index in [2.05, 4.69) is 57.9 Å². The van der Waals surface area contributed by atoms with Crippen molar-refractivity contribution in [1.82, 2.24) is 15.0 Å². The van der Waals surface area contributed by atoms with Crippen LogP contribution in [0.25, 0.3) is 16.7 Å². The SMILES string of the molecule is CCO[Si](C)(C)CC(O)Cc1ccc(-n2nc3ccc(C(F)(F)F)cc3n2)cc1C(C)(C)CC(C)(C)C. The maximum absolute atomic E-state index is 13.2. The van der Waals surface area contributed by atoms with Gasteiger partial charge in [0.25, 0.3) is 0 Å². The number of rotatable bonds is 9. The second-order valence-corrected chi connectivity index (χ2v) is 16.6. The number of aliphatic hydroxyl groups excluding tert-OH is 1. The summed E-state index contributed by atoms with van der Waals surface area (Å²) in [5.41, 5.74) is 2.46. The zero-order valence-corrected chi connectivity index (χ0v) is 24.2. The molecule has 0 radical (unpaired) electrons. The summed E-state index contributed by atoms with van der Waals surface area (Å²) >= 11 is 0. The molecule has 2 aromatic carbocycles. The van der Waals surface area contributed by atoms with E-state index in [-0.39, 0.29) is 16.3 Å². The maximum Gasteiger partial charge on any atom is 0.416 e. The van der Waals surface area contributed by atoms with Crippen molar-refractivity contribution < 1.29 is 22.7 Å². The van der Waals surface area contributed by atoms with Gasteiger partial charge in [0.2, 0.25) is 0 Å². The van der Waals surface area contributed by atoms with Crippen molar-refractivity contribution in [3.05, 3.63) is 53.1 Å². The fourth-order valence-electron chi connectivity index (χ4n) is 5.47. The average molecular weight is 536 g/mol. The van der Waals surface area contributed by atoms with Crippen LogP contribution >= 0.6 is 0 Å². The molecule has 3 aromatic rings. The van der Waals surface area contributed by atoms with Crippen molar-refractivity contribution in [3.8, 4) is 5.69 Å². The lowest BCUT2D eigenvalue weighted by molar-refractivity contribution is -0.137. The lowest BCUT2D eigenvalue weighted by Crippen LogP contribution is -2.36. The molecule has 1 heterocycles. The third kappa shape index (κ3) is 7.64. The van der Waals surface area contributed by atoms with Crippen LogP contribution in [-0.2, 0) is 22.4 Å². The lowest BCUT2D eigenvalue weighted by Gasteiger charge is -2.35. The van der Waals surface area contributed by atoms with Gasteiger partial charge < -0.3 is 9.53 Å². The minimum absolute atomic E-state index is 0.0614. The first kappa shape index (κ1) is 29.3. The molecule has 0 saturated heterocycles. The topological polar surface area (TPSA) is 60.2 Å². The molecule has 0 aliphatic heterocycles. The summed E-state index contributed by atoms with van der Waals surface area (Å²) in [6.45, 7) is 17.8. The number of benzene rings is 2. The Morgan fingerprint density at radius 1 is 0.973 bits per heavy atom. The van der Waals surface area contributed by atoms with Gasteiger partial charge in [0.15, 0.2) is 8.32 Å². The fourth-order valence-corrected chi connectivity index (χ4v) is 7.65. The summed E-state index contributed by atoms with van der Waals surface area (Å²) in [5.74, 6) is 0. The molecule has 0 amide bonds. The molecule has 1 N–H and O–H groups in total. The van der Waals surface area contributed by atoms with Gasteiger partial charge >= 0.3 is 6.18 Å². The molecule has 3 rings (SSSR count). The van der Waals surface area contributed by atoms with Crippen LogP contribution in [0.1, 0.15) is 64.7 Å². The summed E-state index contributed by atoms with van der Waals surface area (Å²) in [4.78, 5) is 1.40. The van der Waals surface area contributed by atoms with Gasteiger partial charge in [-0.15, -0.1) is 10.2 Å². The Morgan fingerprint density at radius 2 is 1.62 bits per heavy atom. The van der Waals surface area contributed by atoms with Gasteiger partial charge in [0.1, 0.15) is 11.0 Å². The summed E-state index contributed by atoms with van der Waals surface area (Å²) in [7, 11) is -1.98. The van der Waals surface area contributed by atoms with E-state index < -0.39 is 26.2 Å². The Kier molecular flexibility index (Phi) is 8.32. The summed E-state index contributed by atoms with van der Waals surface area (Å²) < 4.78 is 45.5. The van der Waals surface area contributed by atoms with Crippen molar-refractivity contribution in [3.63, 3.8) is 0 Å². The van der Waals surface area contributed by atoms with Crippen molar-refractivity contribution in [2.45, 2.75) is 91.2 Å². The van der Waals surface area contributed by atoms with Crippen LogP contribution < -0.4 is 0 Å². The Hall–Kier alpha value is -2.23. The van der Waals surface area contributed by atoms with Gasteiger partial charge in [-0.25, -0.2) is 0 Å². The number of nitrogens with zero attached hydrogens (tertiary/aromatic N) is 3. The number of aromatic nitrogens is 3. The highest BCUT2D eigenvalue weighted by Crippen LogP contribution is 2.39. The van der Waals surface area contributed by atoms with E-state index in [1.54, 1.807) is 0 Å². The van der Waals surface area contributed by atoms with Crippen LogP contribution in [0.5, 0.6) is 0 Å². The molecule has 204 valence electrons. The average Bonchev–Trinajstić information content (AvgIpc) is 3.14. The molecule has 37 heavy (non-hydrogen) atoms. The Morgan fingerprint density at radius 3 is 2.22 bits per heavy atom. The highest BCUT2D eigenvalue weighted by atomic mass is 28.4. The third-order valence-electron chi connectivity index (χ3n) is 6.45. The van der Waals surface area contributed by atoms with Crippen LogP contribution in [0, 0.1) is 5.41 Å². The van der Waals surface area contributed by atoms with Gasteiger partial charge in [-0.05, 0) is 91.2 Å². The van der Waals surface area contributed by atoms with E-state index in [0.717, 1.165) is 29.7 Å². The molecule has 0 bridgehead atoms. The molecular weight excluding hydrogens is 495 g/mol. The number of fused-ring (bicyclic) bond motifs is 1. The fraction of sp³-hybridized carbons (Fsp3) is 0.571. The first-order valence-electron chi connectivity index (χ1n) is 12.8. The molecule has 9 heteroatoms. The smallest absolute Gasteiger partial charge is 0.416 e. The Balaban J connectivity index is 2.03. The minimum Gasteiger partial charge on any atom is -0.418 e. The summed E-state index contributed by atoms with van der Waals surface area (Å²) in [6.07, 6.45) is -3.58. The van der Waals surface area contributed by atoms with Crippen LogP contribution in [0.2, 0.25) is 19.1 Å². The number of hydrogen-bond acceptors (Lipinski definition) is 4. The van der Waals surface area contributed by atoms with Gasteiger partial charge in [0.05, 0.1) is 17.4 Å². The lowest BCUT2D eigenvalue weighted by atomic mass is 9.70. The van der Waals surface area contributed by atoms with E-state index in [9.17, 15) is 18.3 Å². The van der Waals surface area contributed by atoms with Crippen LogP contribution in [0.3, 0.4) is 0 Å². The predicted molar refractivity (Wildman–Crippen MR) is 145 cm³/mol. The first-order chi connectivity index (χ1) is 16.9. The molecule has 0 spiro atoms. The van der Waals surface area contributed by atoms with Crippen molar-refractivity contribution in [2.24, 2.45) is 5.41 Å². The van der Waals surface area contributed by atoms with Crippen LogP contribution in [0.15, 0.2) is 36.4 Å². The van der Waals surface area contributed by atoms with E-state index in [4.69, 9.17) is 4.43 Å². The first-order valence-corrected chi connectivity index (χ1v) is 15.9. The largest absolute Gasteiger partial charge is 0.418 e. The van der Waals surface area contributed by atoms with Crippen LogP contribution in [-0.4, -0.2) is 41.1 Å². The van der Waals surface area contributed by atoms with E-state index in [1.807, 2.05) is 25.1 Å². The molecule has 5 nitrogen and oxygen atoms in total. The highest BCUT2D eigenvalue weighted by molar-refractivity contribution is 6.71. The van der Waals surface area contributed by atoms with Crippen LogP contribution in [0.4, 0.5) is 13.2 Å². The van der Waals surface area contributed by atoms with E-state index >= 15 is 0 Å². The van der Waals surface area contributed by atoms with Crippen molar-refractivity contribution in [2.75, 3.05) is 6.61 Å². The molecule has 1 unspecified atom stereocenters. The van der Waals surface area contributed by atoms with E-state index in [1.165, 1.54) is 10.9 Å². The highest BCUT2D eigenvalue weighted by Gasteiger charge is 2.33. The van der Waals surface area contributed by atoms with Gasteiger partial charge in [-0.3, -0.25) is 0 Å². The molecule has 0 saturated carbocycles. The van der Waals surface area contributed by atoms with Gasteiger partial charge in [-0.2, -0.15) is 18.0 Å².